The molecule has 0 saturated heterocycles. The van der Waals surface area contributed by atoms with Gasteiger partial charge in [-0.15, -0.1) is 0 Å². The molecule has 0 aliphatic carbocycles. The molecule has 0 saturated carbocycles. The molecule has 0 bridgehead atoms. The van der Waals surface area contributed by atoms with Gasteiger partial charge in [0.1, 0.15) is 5.75 Å². The van der Waals surface area contributed by atoms with Crippen molar-refractivity contribution < 1.29 is 5.11 Å². The summed E-state index contributed by atoms with van der Waals surface area (Å²) >= 11 is 0. The summed E-state index contributed by atoms with van der Waals surface area (Å²) in [4.78, 5) is 4.64. The van der Waals surface area contributed by atoms with Gasteiger partial charge in [0.05, 0.1) is 5.69 Å². The van der Waals surface area contributed by atoms with E-state index in [2.05, 4.69) is 49.2 Å². The number of aliphatic imine (C=N–C) groups is 1. The van der Waals surface area contributed by atoms with E-state index in [9.17, 15) is 5.11 Å². The van der Waals surface area contributed by atoms with Crippen LogP contribution in [0.25, 0.3) is 0 Å². The summed E-state index contributed by atoms with van der Waals surface area (Å²) in [5, 5.41) is 11.7. The molecular weight excluding hydrogens is 349 g/mol. The third-order valence-electron chi connectivity index (χ3n) is 5.07. The molecule has 0 fully saturated rings. The van der Waals surface area contributed by atoms with Crippen LogP contribution in [0.1, 0.15) is 37.8 Å². The fourth-order valence-electron chi connectivity index (χ4n) is 3.39. The lowest BCUT2D eigenvalue weighted by molar-refractivity contribution is 0.448. The van der Waals surface area contributed by atoms with Crippen LogP contribution in [-0.4, -0.2) is 11.3 Å². The molecule has 3 rings (SSSR count). The van der Waals surface area contributed by atoms with E-state index in [0.29, 0.717) is 14.3 Å². The minimum Gasteiger partial charge on any atom is -0.508 e. The summed E-state index contributed by atoms with van der Waals surface area (Å²) in [6.07, 6.45) is 3.91. The number of rotatable bonds is 7. The Balaban J connectivity index is 1.96. The fourth-order valence-corrected chi connectivity index (χ4v) is 5.08. The number of benzene rings is 3. The Morgan fingerprint density at radius 2 is 1.48 bits per heavy atom. The van der Waals surface area contributed by atoms with Crippen molar-refractivity contribution in [1.82, 2.24) is 0 Å². The van der Waals surface area contributed by atoms with Gasteiger partial charge in [0, 0.05) is 22.5 Å². The van der Waals surface area contributed by atoms with E-state index in [-0.39, 0.29) is 5.16 Å². The van der Waals surface area contributed by atoms with Crippen LogP contribution in [-0.2, 0) is 5.16 Å². The van der Waals surface area contributed by atoms with Crippen LogP contribution in [0.5, 0.6) is 5.75 Å². The summed E-state index contributed by atoms with van der Waals surface area (Å²) in [6, 6.07) is 26.2. The number of hydrogen-bond donors (Lipinski definition) is 1. The van der Waals surface area contributed by atoms with E-state index in [4.69, 9.17) is 0 Å². The average Bonchev–Trinajstić information content (AvgIpc) is 2.73. The maximum atomic E-state index is 10.5. The van der Waals surface area contributed by atoms with Crippen molar-refractivity contribution in [3.63, 3.8) is 0 Å². The number of nitrogens with zero attached hydrogens (tertiary/aromatic N) is 1. The molecule has 3 aromatic carbocycles. The smallest absolute Gasteiger partial charge is 0.119 e. The van der Waals surface area contributed by atoms with Crippen molar-refractivity contribution in [3.8, 4) is 5.75 Å². The molecule has 1 unspecified atom stereocenters. The summed E-state index contributed by atoms with van der Waals surface area (Å²) < 4.78 is 0. The molecule has 0 amide bonds. The van der Waals surface area contributed by atoms with Crippen LogP contribution in [0.4, 0.5) is 5.69 Å². The van der Waals surface area contributed by atoms with Gasteiger partial charge in [-0.25, -0.2) is 0 Å². The average molecular weight is 375 g/mol. The molecule has 0 aromatic heterocycles. The third-order valence-corrected chi connectivity index (χ3v) is 7.25. The zero-order chi connectivity index (χ0) is 19.1. The molecule has 0 heterocycles. The Morgan fingerprint density at radius 1 is 0.852 bits per heavy atom. The quantitative estimate of drug-likeness (QED) is 0.389. The van der Waals surface area contributed by atoms with Gasteiger partial charge < -0.3 is 5.11 Å². The van der Waals surface area contributed by atoms with Crippen LogP contribution in [0, 0.1) is 0 Å². The first-order valence-electron chi connectivity index (χ1n) is 9.43. The van der Waals surface area contributed by atoms with E-state index in [0.717, 1.165) is 29.7 Å². The lowest BCUT2D eigenvalue weighted by atomic mass is 9.92. The Labute approximate surface area is 163 Å². The minimum atomic E-state index is -0.0674. The van der Waals surface area contributed by atoms with Gasteiger partial charge in [-0.05, 0) is 36.3 Å². The van der Waals surface area contributed by atoms with Crippen LogP contribution in [0.2, 0.25) is 0 Å². The van der Waals surface area contributed by atoms with Crippen LogP contribution < -0.4 is 5.30 Å². The standard InChI is InChI=1S/C24H26NOP/c1-3-24(4-2,21-15-9-10-16-22(21)26)27-23-17-11-8-12-19(23)18-25-20-13-6-5-7-14-20/h5-18,26-27H,3-4H2,1-2H3/b25-18+. The highest BCUT2D eigenvalue weighted by molar-refractivity contribution is 7.48. The van der Waals surface area contributed by atoms with Crippen molar-refractivity contribution >= 4 is 25.8 Å². The van der Waals surface area contributed by atoms with E-state index in [1.54, 1.807) is 6.07 Å². The van der Waals surface area contributed by atoms with E-state index in [1.807, 2.05) is 48.7 Å². The second kappa shape index (κ2) is 8.97. The molecule has 2 nitrogen and oxygen atoms in total. The number of hydrogen-bond acceptors (Lipinski definition) is 2. The first-order chi connectivity index (χ1) is 13.2. The van der Waals surface area contributed by atoms with Gasteiger partial charge in [-0.2, -0.15) is 0 Å². The summed E-state index contributed by atoms with van der Waals surface area (Å²) in [5.41, 5.74) is 3.14. The van der Waals surface area contributed by atoms with E-state index >= 15 is 0 Å². The molecule has 3 aromatic rings. The predicted molar refractivity (Wildman–Crippen MR) is 118 cm³/mol. The van der Waals surface area contributed by atoms with E-state index < -0.39 is 0 Å². The van der Waals surface area contributed by atoms with E-state index in [1.165, 1.54) is 5.30 Å². The van der Waals surface area contributed by atoms with Gasteiger partial charge in [-0.1, -0.05) is 83.1 Å². The van der Waals surface area contributed by atoms with Gasteiger partial charge in [0.2, 0.25) is 0 Å². The van der Waals surface area contributed by atoms with Crippen LogP contribution >= 0.6 is 8.58 Å². The van der Waals surface area contributed by atoms with Gasteiger partial charge in [-0.3, -0.25) is 4.99 Å². The molecule has 27 heavy (non-hydrogen) atoms. The molecule has 138 valence electrons. The Hall–Kier alpha value is -2.44. The van der Waals surface area contributed by atoms with Crippen LogP contribution in [0.3, 0.4) is 0 Å². The first kappa shape index (κ1) is 19.3. The lowest BCUT2D eigenvalue weighted by Crippen LogP contribution is -2.23. The van der Waals surface area contributed by atoms with Gasteiger partial charge in [0.15, 0.2) is 0 Å². The second-order valence-corrected chi connectivity index (χ2v) is 8.36. The predicted octanol–water partition coefficient (Wildman–Crippen LogP) is 6.16. The summed E-state index contributed by atoms with van der Waals surface area (Å²) in [5.74, 6) is 0.393. The number of phenolic OH excluding ortho intramolecular Hbond substituents is 1. The van der Waals surface area contributed by atoms with Gasteiger partial charge >= 0.3 is 0 Å². The third kappa shape index (κ3) is 4.46. The number of para-hydroxylation sites is 2. The topological polar surface area (TPSA) is 32.6 Å². The maximum absolute atomic E-state index is 10.5. The number of phenols is 1. The largest absolute Gasteiger partial charge is 0.508 e. The van der Waals surface area contributed by atoms with Crippen molar-refractivity contribution in [1.29, 1.82) is 0 Å². The molecule has 1 N–H and O–H groups in total. The molecule has 0 aliphatic heterocycles. The maximum Gasteiger partial charge on any atom is 0.119 e. The molecule has 0 spiro atoms. The highest BCUT2D eigenvalue weighted by Gasteiger charge is 2.31. The summed E-state index contributed by atoms with van der Waals surface area (Å²) in [7, 11) is 0.555. The summed E-state index contributed by atoms with van der Waals surface area (Å²) in [6.45, 7) is 4.42. The first-order valence-corrected chi connectivity index (χ1v) is 10.4. The second-order valence-electron chi connectivity index (χ2n) is 6.61. The van der Waals surface area contributed by atoms with Crippen molar-refractivity contribution in [3.05, 3.63) is 90.0 Å². The molecular formula is C24H26NOP. The Kier molecular flexibility index (Phi) is 6.42. The molecule has 3 heteroatoms. The van der Waals surface area contributed by atoms with Crippen molar-refractivity contribution in [2.24, 2.45) is 4.99 Å². The Morgan fingerprint density at radius 3 is 2.19 bits per heavy atom. The normalized spacial score (nSPS) is 12.2. The number of aromatic hydroxyl groups is 1. The molecule has 0 aliphatic rings. The molecule has 0 radical (unpaired) electrons. The van der Waals surface area contributed by atoms with Crippen molar-refractivity contribution in [2.45, 2.75) is 31.8 Å². The van der Waals surface area contributed by atoms with Crippen LogP contribution in [0.15, 0.2) is 83.9 Å². The molecule has 1 atom stereocenters. The van der Waals surface area contributed by atoms with Crippen molar-refractivity contribution in [2.75, 3.05) is 0 Å². The SMILES string of the molecule is CCC(CC)(Pc1ccccc1/C=N/c1ccccc1)c1ccccc1O. The highest BCUT2D eigenvalue weighted by atomic mass is 31.1. The fraction of sp³-hybridized carbons (Fsp3) is 0.208. The minimum absolute atomic E-state index is 0.0674. The van der Waals surface area contributed by atoms with Gasteiger partial charge in [0.25, 0.3) is 0 Å². The zero-order valence-corrected chi connectivity index (χ0v) is 16.9. The Bertz CT molecular complexity index is 901. The zero-order valence-electron chi connectivity index (χ0n) is 15.9. The lowest BCUT2D eigenvalue weighted by Gasteiger charge is -2.33. The monoisotopic (exact) mass is 375 g/mol. The highest BCUT2D eigenvalue weighted by Crippen LogP contribution is 2.49.